The van der Waals surface area contributed by atoms with E-state index >= 15 is 0 Å². The number of hydrogen-bond acceptors (Lipinski definition) is 3. The number of pyridine rings is 1. The molecule has 4 aliphatic rings. The average Bonchev–Trinajstić information content (AvgIpc) is 3.32. The van der Waals surface area contributed by atoms with E-state index in [1.54, 1.807) is 0 Å². The molecule has 1 aromatic heterocycles. The van der Waals surface area contributed by atoms with E-state index in [1.165, 1.54) is 24.8 Å². The number of hydrogen-bond donors (Lipinski definition) is 1. The Labute approximate surface area is 173 Å². The van der Waals surface area contributed by atoms with Crippen LogP contribution in [0.25, 0.3) is 10.9 Å². The van der Waals surface area contributed by atoms with Gasteiger partial charge >= 0.3 is 0 Å². The summed E-state index contributed by atoms with van der Waals surface area (Å²) in [5, 5.41) is 4.68. The number of nitrogens with zero attached hydrogens (tertiary/aromatic N) is 2. The number of aromatic nitrogens is 1. The summed E-state index contributed by atoms with van der Waals surface area (Å²) < 4.78 is 0. The van der Waals surface area contributed by atoms with Gasteiger partial charge in [-0.15, -0.1) is 6.58 Å². The molecule has 4 nitrogen and oxygen atoms in total. The lowest BCUT2D eigenvalue weighted by atomic mass is 9.73. The molecule has 152 valence electrons. The van der Waals surface area contributed by atoms with Crippen LogP contribution in [0, 0.1) is 17.8 Å². The van der Waals surface area contributed by atoms with Crippen LogP contribution < -0.4 is 5.32 Å². The molecule has 1 amide bonds. The first kappa shape index (κ1) is 18.8. The molecule has 5 atom stereocenters. The number of fused-ring (bicyclic) bond motifs is 4. The summed E-state index contributed by atoms with van der Waals surface area (Å²) in [6.45, 7) is 6.26. The lowest BCUT2D eigenvalue weighted by Gasteiger charge is -2.51. The molecule has 4 heterocycles. The van der Waals surface area contributed by atoms with Crippen molar-refractivity contribution >= 4 is 16.8 Å². The Bertz CT molecular complexity index is 899. The van der Waals surface area contributed by atoms with Crippen molar-refractivity contribution in [2.24, 2.45) is 17.8 Å². The molecule has 4 fully saturated rings. The van der Waals surface area contributed by atoms with Gasteiger partial charge in [-0.25, -0.2) is 0 Å². The van der Waals surface area contributed by atoms with Gasteiger partial charge in [-0.2, -0.15) is 0 Å². The van der Waals surface area contributed by atoms with Crippen molar-refractivity contribution in [1.82, 2.24) is 15.2 Å². The van der Waals surface area contributed by atoms with Crippen LogP contribution in [0.15, 0.2) is 49.2 Å². The van der Waals surface area contributed by atoms with Gasteiger partial charge in [-0.3, -0.25) is 14.7 Å². The second kappa shape index (κ2) is 7.91. The molecule has 1 aromatic carbocycles. The van der Waals surface area contributed by atoms with Gasteiger partial charge in [0.2, 0.25) is 5.91 Å². The van der Waals surface area contributed by atoms with Crippen molar-refractivity contribution in [1.29, 1.82) is 0 Å². The minimum Gasteiger partial charge on any atom is -0.347 e. The molecule has 6 rings (SSSR count). The lowest BCUT2D eigenvalue weighted by Crippen LogP contribution is -2.57. The minimum absolute atomic E-state index is 0.0181. The summed E-state index contributed by atoms with van der Waals surface area (Å²) in [7, 11) is 0. The monoisotopic (exact) mass is 389 g/mol. The summed E-state index contributed by atoms with van der Waals surface area (Å²) in [4.78, 5) is 20.3. The Balaban J connectivity index is 1.51. The molecule has 29 heavy (non-hydrogen) atoms. The maximum absolute atomic E-state index is 13.2. The van der Waals surface area contributed by atoms with Gasteiger partial charge in [0.05, 0.1) is 11.6 Å². The summed E-state index contributed by atoms with van der Waals surface area (Å²) >= 11 is 0. The third-order valence-corrected chi connectivity index (χ3v) is 7.58. The van der Waals surface area contributed by atoms with Crippen molar-refractivity contribution in [3.8, 4) is 0 Å². The summed E-state index contributed by atoms with van der Waals surface area (Å²) in [6, 6.07) is 10.8. The number of rotatable bonds is 5. The van der Waals surface area contributed by atoms with E-state index in [9.17, 15) is 4.79 Å². The molecule has 4 heteroatoms. The maximum atomic E-state index is 13.2. The summed E-state index contributed by atoms with van der Waals surface area (Å²) in [5.74, 6) is 1.69. The van der Waals surface area contributed by atoms with E-state index < -0.39 is 0 Å². The number of amides is 1. The predicted octanol–water partition coefficient (Wildman–Crippen LogP) is 4.48. The number of carbonyl (C=O) groups excluding carboxylic acids is 1. The normalized spacial score (nSPS) is 30.3. The number of nitrogens with one attached hydrogen (secondary N) is 1. The molecule has 4 unspecified atom stereocenters. The van der Waals surface area contributed by atoms with Crippen LogP contribution in [-0.2, 0) is 4.79 Å². The van der Waals surface area contributed by atoms with Crippen molar-refractivity contribution in [2.45, 2.75) is 50.6 Å². The van der Waals surface area contributed by atoms with Crippen LogP contribution in [0.3, 0.4) is 0 Å². The third-order valence-electron chi connectivity index (χ3n) is 7.58. The first-order valence-corrected chi connectivity index (χ1v) is 11.2. The minimum atomic E-state index is 0.0181. The van der Waals surface area contributed by atoms with E-state index in [1.807, 2.05) is 12.3 Å². The van der Waals surface area contributed by atoms with Gasteiger partial charge in [0, 0.05) is 30.1 Å². The lowest BCUT2D eigenvalue weighted by molar-refractivity contribution is -0.126. The van der Waals surface area contributed by atoms with E-state index in [0.29, 0.717) is 17.9 Å². The highest BCUT2D eigenvalue weighted by Gasteiger charge is 2.43. The van der Waals surface area contributed by atoms with Crippen LogP contribution in [0.1, 0.15) is 50.1 Å². The highest BCUT2D eigenvalue weighted by Crippen LogP contribution is 2.42. The zero-order chi connectivity index (χ0) is 19.8. The second-order valence-electron chi connectivity index (χ2n) is 9.13. The van der Waals surface area contributed by atoms with E-state index in [0.717, 1.165) is 43.3 Å². The zero-order valence-electron chi connectivity index (χ0n) is 17.1. The number of benzene rings is 1. The zero-order valence-corrected chi connectivity index (χ0v) is 17.1. The Morgan fingerprint density at radius 1 is 1.21 bits per heavy atom. The Morgan fingerprint density at radius 2 is 2.03 bits per heavy atom. The maximum Gasteiger partial charge on any atom is 0.223 e. The first-order valence-electron chi connectivity index (χ1n) is 11.2. The molecule has 3 saturated heterocycles. The highest BCUT2D eigenvalue weighted by molar-refractivity contribution is 5.84. The SMILES string of the molecule is C=CC1CN2CCC1CC2[C@@H](NC(=O)C1CCCC1)c1ccnc2ccccc12. The predicted molar refractivity (Wildman–Crippen MR) is 116 cm³/mol. The number of piperidine rings is 3. The second-order valence-corrected chi connectivity index (χ2v) is 9.13. The van der Waals surface area contributed by atoms with Crippen molar-refractivity contribution in [2.75, 3.05) is 13.1 Å². The third kappa shape index (κ3) is 3.48. The molecule has 1 N–H and O–H groups in total. The molecular formula is C25H31N3O. The average molecular weight is 390 g/mol. The van der Waals surface area contributed by atoms with Crippen LogP contribution in [-0.4, -0.2) is 34.9 Å². The molecule has 2 bridgehead atoms. The van der Waals surface area contributed by atoms with E-state index in [2.05, 4.69) is 52.1 Å². The Hall–Kier alpha value is -2.20. The van der Waals surface area contributed by atoms with Gasteiger partial charge in [0.1, 0.15) is 0 Å². The van der Waals surface area contributed by atoms with E-state index in [-0.39, 0.29) is 17.9 Å². The molecule has 1 saturated carbocycles. The summed E-state index contributed by atoms with van der Waals surface area (Å²) in [6.07, 6.45) is 10.8. The van der Waals surface area contributed by atoms with Crippen LogP contribution >= 0.6 is 0 Å². The topological polar surface area (TPSA) is 45.2 Å². The fourth-order valence-corrected chi connectivity index (χ4v) is 5.95. The fourth-order valence-electron chi connectivity index (χ4n) is 5.95. The molecule has 0 radical (unpaired) electrons. The summed E-state index contributed by atoms with van der Waals surface area (Å²) in [5.41, 5.74) is 2.22. The van der Waals surface area contributed by atoms with Gasteiger partial charge < -0.3 is 5.32 Å². The fraction of sp³-hybridized carbons (Fsp3) is 0.520. The molecule has 2 aromatic rings. The van der Waals surface area contributed by atoms with Crippen LogP contribution in [0.4, 0.5) is 0 Å². The van der Waals surface area contributed by atoms with Crippen molar-refractivity contribution in [3.63, 3.8) is 0 Å². The Kier molecular flexibility index (Phi) is 5.13. The van der Waals surface area contributed by atoms with Crippen LogP contribution in [0.5, 0.6) is 0 Å². The Morgan fingerprint density at radius 3 is 2.79 bits per heavy atom. The van der Waals surface area contributed by atoms with Gasteiger partial charge in [0.15, 0.2) is 0 Å². The number of carbonyl (C=O) groups is 1. The first-order chi connectivity index (χ1) is 14.2. The molecular weight excluding hydrogens is 358 g/mol. The standard InChI is InChI=1S/C25H31N3O/c1-2-17-16-28-14-12-19(17)15-23(28)24(27-25(29)18-7-3-4-8-18)21-11-13-26-22-10-6-5-9-20(21)22/h2,5-6,9-11,13,17-19,23-24H,1,3-4,7-8,12,14-16H2,(H,27,29)/t17?,19?,23?,24-/m0/s1. The smallest absolute Gasteiger partial charge is 0.223 e. The van der Waals surface area contributed by atoms with Crippen molar-refractivity contribution in [3.05, 3.63) is 54.7 Å². The molecule has 1 aliphatic carbocycles. The molecule has 0 spiro atoms. The number of para-hydroxylation sites is 1. The van der Waals surface area contributed by atoms with Gasteiger partial charge in [0.25, 0.3) is 0 Å². The highest BCUT2D eigenvalue weighted by atomic mass is 16.2. The largest absolute Gasteiger partial charge is 0.347 e. The van der Waals surface area contributed by atoms with E-state index in [4.69, 9.17) is 0 Å². The van der Waals surface area contributed by atoms with Gasteiger partial charge in [-0.05, 0) is 61.8 Å². The van der Waals surface area contributed by atoms with Crippen LogP contribution in [0.2, 0.25) is 0 Å². The molecule has 3 aliphatic heterocycles. The quantitative estimate of drug-likeness (QED) is 0.767. The van der Waals surface area contributed by atoms with Crippen molar-refractivity contribution < 1.29 is 4.79 Å². The van der Waals surface area contributed by atoms with Gasteiger partial charge in [-0.1, -0.05) is 37.1 Å².